The van der Waals surface area contributed by atoms with Gasteiger partial charge < -0.3 is 0 Å². The van der Waals surface area contributed by atoms with Gasteiger partial charge in [0, 0.05) is 0 Å². The van der Waals surface area contributed by atoms with E-state index in [0.29, 0.717) is 0 Å². The fraction of sp³-hybridized carbons (Fsp3) is 0.250. The maximum atomic E-state index is 5.85. The van der Waals surface area contributed by atoms with Crippen LogP contribution in [0.4, 0.5) is 0 Å². The summed E-state index contributed by atoms with van der Waals surface area (Å²) >= 11 is 1.42. The molecule has 0 aliphatic rings. The smallest absolute Gasteiger partial charge is 0.0843 e. The summed E-state index contributed by atoms with van der Waals surface area (Å²) in [6, 6.07) is 14.6. The lowest BCUT2D eigenvalue weighted by molar-refractivity contribution is 0.640. The molecule has 0 fully saturated rings. The van der Waals surface area contributed by atoms with Gasteiger partial charge in [0.1, 0.15) is 0 Å². The average Bonchev–Trinajstić information content (AvgIpc) is 2.97. The van der Waals surface area contributed by atoms with Gasteiger partial charge in [-0.2, -0.15) is 0 Å². The first-order chi connectivity index (χ1) is 10.3. The Morgan fingerprint density at radius 1 is 1.19 bits per heavy atom. The third-order valence-corrected chi connectivity index (χ3v) is 4.47. The van der Waals surface area contributed by atoms with E-state index in [2.05, 4.69) is 58.3 Å². The van der Waals surface area contributed by atoms with Crippen molar-refractivity contribution < 1.29 is 0 Å². The highest BCUT2D eigenvalue weighted by Gasteiger charge is 2.21. The van der Waals surface area contributed by atoms with E-state index in [0.717, 1.165) is 23.4 Å². The lowest BCUT2D eigenvalue weighted by Gasteiger charge is -2.17. The summed E-state index contributed by atoms with van der Waals surface area (Å²) < 4.78 is 4.11. The first-order valence-electron chi connectivity index (χ1n) is 7.10. The lowest BCUT2D eigenvalue weighted by Crippen LogP contribution is -2.29. The van der Waals surface area contributed by atoms with Crippen LogP contribution in [-0.2, 0) is 6.42 Å². The predicted octanol–water partition coefficient (Wildman–Crippen LogP) is 3.20. The number of hydrazine groups is 1. The molecule has 0 radical (unpaired) electrons. The molecular formula is C16H18N4S. The molecule has 21 heavy (non-hydrogen) atoms. The number of aryl methyl sites for hydroxylation is 1. The van der Waals surface area contributed by atoms with Gasteiger partial charge >= 0.3 is 0 Å². The molecule has 0 aliphatic heterocycles. The summed E-state index contributed by atoms with van der Waals surface area (Å²) in [5, 5.41) is 6.67. The molecule has 1 atom stereocenters. The Labute approximate surface area is 128 Å². The summed E-state index contributed by atoms with van der Waals surface area (Å²) in [6.07, 6.45) is 1.97. The van der Waals surface area contributed by atoms with Gasteiger partial charge in [-0.15, -0.1) is 5.10 Å². The fourth-order valence-corrected chi connectivity index (χ4v) is 3.43. The third-order valence-electron chi connectivity index (χ3n) is 3.64. The van der Waals surface area contributed by atoms with Crippen molar-refractivity contribution in [2.45, 2.75) is 25.8 Å². The number of rotatable bonds is 5. The van der Waals surface area contributed by atoms with Crippen molar-refractivity contribution in [1.82, 2.24) is 15.0 Å². The van der Waals surface area contributed by atoms with E-state index in [1.807, 2.05) is 6.07 Å². The van der Waals surface area contributed by atoms with Crippen LogP contribution in [0.25, 0.3) is 10.8 Å². The second-order valence-corrected chi connectivity index (χ2v) is 5.79. The van der Waals surface area contributed by atoms with Crippen molar-refractivity contribution in [3.05, 3.63) is 58.6 Å². The first kappa shape index (κ1) is 14.1. The van der Waals surface area contributed by atoms with Gasteiger partial charge in [0.25, 0.3) is 0 Å². The quantitative estimate of drug-likeness (QED) is 0.561. The molecule has 0 amide bonds. The monoisotopic (exact) mass is 298 g/mol. The van der Waals surface area contributed by atoms with Gasteiger partial charge in [-0.1, -0.05) is 60.3 Å². The molecule has 108 valence electrons. The highest BCUT2D eigenvalue weighted by molar-refractivity contribution is 7.05. The minimum Gasteiger partial charge on any atom is -0.271 e. The summed E-state index contributed by atoms with van der Waals surface area (Å²) in [5.74, 6) is 5.85. The Kier molecular flexibility index (Phi) is 4.24. The number of hydrogen-bond donors (Lipinski definition) is 2. The number of hydrogen-bond acceptors (Lipinski definition) is 5. The summed E-state index contributed by atoms with van der Waals surface area (Å²) in [6.45, 7) is 2.14. The molecule has 0 saturated heterocycles. The Hall–Kier alpha value is -1.82. The molecule has 2 aromatic carbocycles. The molecule has 0 aliphatic carbocycles. The second-order valence-electron chi connectivity index (χ2n) is 5.00. The van der Waals surface area contributed by atoms with Crippen molar-refractivity contribution in [3.63, 3.8) is 0 Å². The zero-order valence-corrected chi connectivity index (χ0v) is 12.7. The molecule has 5 heteroatoms. The lowest BCUT2D eigenvalue weighted by atomic mass is 9.97. The van der Waals surface area contributed by atoms with Crippen molar-refractivity contribution in [1.29, 1.82) is 0 Å². The summed E-state index contributed by atoms with van der Waals surface area (Å²) in [5.41, 5.74) is 5.15. The SMILES string of the molecule is CCCc1nnsc1C(NN)c1cccc2ccccc12. The van der Waals surface area contributed by atoms with Gasteiger partial charge in [0.2, 0.25) is 0 Å². The molecule has 4 nitrogen and oxygen atoms in total. The van der Waals surface area contributed by atoms with Gasteiger partial charge in [-0.25, -0.2) is 5.43 Å². The van der Waals surface area contributed by atoms with Crippen LogP contribution in [0.2, 0.25) is 0 Å². The van der Waals surface area contributed by atoms with Gasteiger partial charge in [-0.3, -0.25) is 5.84 Å². The zero-order chi connectivity index (χ0) is 14.7. The van der Waals surface area contributed by atoms with E-state index in [1.165, 1.54) is 27.9 Å². The van der Waals surface area contributed by atoms with E-state index < -0.39 is 0 Å². The number of benzene rings is 2. The van der Waals surface area contributed by atoms with Crippen molar-refractivity contribution in [2.24, 2.45) is 5.84 Å². The minimum absolute atomic E-state index is 0.0716. The van der Waals surface area contributed by atoms with Crippen LogP contribution in [0.15, 0.2) is 42.5 Å². The summed E-state index contributed by atoms with van der Waals surface area (Å²) in [7, 11) is 0. The summed E-state index contributed by atoms with van der Waals surface area (Å²) in [4.78, 5) is 1.11. The van der Waals surface area contributed by atoms with E-state index >= 15 is 0 Å². The second kappa shape index (κ2) is 6.30. The molecule has 1 aromatic heterocycles. The largest absolute Gasteiger partial charge is 0.271 e. The Balaban J connectivity index is 2.12. The van der Waals surface area contributed by atoms with E-state index in [9.17, 15) is 0 Å². The number of nitrogens with two attached hydrogens (primary N) is 1. The van der Waals surface area contributed by atoms with Crippen molar-refractivity contribution in [2.75, 3.05) is 0 Å². The van der Waals surface area contributed by atoms with E-state index in [-0.39, 0.29) is 6.04 Å². The van der Waals surface area contributed by atoms with Gasteiger partial charge in [0.15, 0.2) is 0 Å². The molecule has 3 rings (SSSR count). The Morgan fingerprint density at radius 2 is 2.00 bits per heavy atom. The van der Waals surface area contributed by atoms with Crippen LogP contribution in [0, 0.1) is 0 Å². The Bertz CT molecular complexity index is 732. The van der Waals surface area contributed by atoms with Crippen LogP contribution in [0.1, 0.15) is 35.5 Å². The molecule has 0 bridgehead atoms. The van der Waals surface area contributed by atoms with Crippen LogP contribution < -0.4 is 11.3 Å². The average molecular weight is 298 g/mol. The molecule has 1 heterocycles. The molecule has 0 spiro atoms. The predicted molar refractivity (Wildman–Crippen MR) is 87.0 cm³/mol. The highest BCUT2D eigenvalue weighted by Crippen LogP contribution is 2.31. The van der Waals surface area contributed by atoms with Crippen molar-refractivity contribution in [3.8, 4) is 0 Å². The number of fused-ring (bicyclic) bond motifs is 1. The highest BCUT2D eigenvalue weighted by atomic mass is 32.1. The standard InChI is InChI=1S/C16H18N4S/c1-2-6-14-16(21-20-19-14)15(18-17)13-10-5-8-11-7-3-4-9-12(11)13/h3-5,7-10,15,18H,2,6,17H2,1H3. The topological polar surface area (TPSA) is 63.8 Å². The minimum atomic E-state index is -0.0716. The Morgan fingerprint density at radius 3 is 2.81 bits per heavy atom. The molecule has 1 unspecified atom stereocenters. The van der Waals surface area contributed by atoms with Gasteiger partial charge in [-0.05, 0) is 34.3 Å². The number of aromatic nitrogens is 2. The fourth-order valence-electron chi connectivity index (χ4n) is 2.65. The number of nitrogens with zero attached hydrogens (tertiary/aromatic N) is 2. The molecular weight excluding hydrogens is 280 g/mol. The van der Waals surface area contributed by atoms with Crippen LogP contribution in [0.3, 0.4) is 0 Å². The zero-order valence-electron chi connectivity index (χ0n) is 11.9. The normalized spacial score (nSPS) is 12.7. The van der Waals surface area contributed by atoms with Gasteiger partial charge in [0.05, 0.1) is 16.6 Å². The van der Waals surface area contributed by atoms with Crippen LogP contribution in [0.5, 0.6) is 0 Å². The molecule has 3 aromatic rings. The maximum absolute atomic E-state index is 5.85. The third kappa shape index (κ3) is 2.68. The van der Waals surface area contributed by atoms with E-state index in [1.54, 1.807) is 0 Å². The van der Waals surface area contributed by atoms with E-state index in [4.69, 9.17) is 5.84 Å². The molecule has 0 saturated carbocycles. The molecule has 3 N–H and O–H groups in total. The van der Waals surface area contributed by atoms with Crippen LogP contribution in [-0.4, -0.2) is 9.59 Å². The van der Waals surface area contributed by atoms with Crippen LogP contribution >= 0.6 is 11.5 Å². The number of nitrogens with one attached hydrogen (secondary N) is 1. The van der Waals surface area contributed by atoms with Crippen molar-refractivity contribution >= 4 is 22.3 Å². The first-order valence-corrected chi connectivity index (χ1v) is 7.87. The maximum Gasteiger partial charge on any atom is 0.0843 e.